The van der Waals surface area contributed by atoms with E-state index < -0.39 is 29.2 Å². The maximum absolute atomic E-state index is 12.7. The number of carbonyl (C=O) groups excluding carboxylic acids is 1. The molecule has 0 atom stereocenters. The first-order chi connectivity index (χ1) is 11.6. The number of nitrogens with zero attached hydrogens (tertiary/aromatic N) is 1. The Morgan fingerprint density at radius 1 is 1.00 bits per heavy atom. The van der Waals surface area contributed by atoms with E-state index in [0.717, 1.165) is 0 Å². The van der Waals surface area contributed by atoms with E-state index >= 15 is 0 Å². The Labute approximate surface area is 134 Å². The van der Waals surface area contributed by atoms with Crippen LogP contribution in [0.5, 0.6) is 5.75 Å². The van der Waals surface area contributed by atoms with E-state index in [1.165, 1.54) is 36.4 Å². The SMILES string of the molecule is O=C(COc1ccc(F)cc1)NN=c1c(=O)c2ccccc2c1=O. The predicted octanol–water partition coefficient (Wildman–Crippen LogP) is 0.586. The van der Waals surface area contributed by atoms with Gasteiger partial charge in [0.15, 0.2) is 12.0 Å². The minimum Gasteiger partial charge on any atom is -0.484 e. The van der Waals surface area contributed by atoms with Crippen molar-refractivity contribution in [2.24, 2.45) is 5.10 Å². The fourth-order valence-corrected chi connectivity index (χ4v) is 2.17. The van der Waals surface area contributed by atoms with Crippen LogP contribution in [-0.4, -0.2) is 12.5 Å². The van der Waals surface area contributed by atoms with Gasteiger partial charge in [-0.15, -0.1) is 0 Å². The zero-order valence-corrected chi connectivity index (χ0v) is 12.3. The van der Waals surface area contributed by atoms with Crippen LogP contribution in [0.25, 0.3) is 10.8 Å². The van der Waals surface area contributed by atoms with Gasteiger partial charge in [0.2, 0.25) is 10.9 Å². The zero-order valence-electron chi connectivity index (χ0n) is 12.3. The number of hydrogen-bond donors (Lipinski definition) is 1. The Balaban J connectivity index is 1.74. The molecule has 0 heterocycles. The number of benzene rings is 2. The first-order valence-electron chi connectivity index (χ1n) is 6.99. The smallest absolute Gasteiger partial charge is 0.277 e. The molecule has 3 aromatic carbocycles. The van der Waals surface area contributed by atoms with Gasteiger partial charge in [0.25, 0.3) is 5.91 Å². The van der Waals surface area contributed by atoms with Crippen molar-refractivity contribution in [3.8, 4) is 5.75 Å². The largest absolute Gasteiger partial charge is 0.484 e. The van der Waals surface area contributed by atoms with E-state index in [2.05, 4.69) is 10.5 Å². The van der Waals surface area contributed by atoms with Gasteiger partial charge in [0, 0.05) is 10.8 Å². The third-order valence-electron chi connectivity index (χ3n) is 3.32. The van der Waals surface area contributed by atoms with Gasteiger partial charge in [-0.05, 0) is 24.3 Å². The molecule has 0 radical (unpaired) electrons. The summed E-state index contributed by atoms with van der Waals surface area (Å²) in [5.74, 6) is -0.765. The van der Waals surface area contributed by atoms with Crippen molar-refractivity contribution in [2.75, 3.05) is 6.61 Å². The van der Waals surface area contributed by atoms with E-state index in [1.807, 2.05) is 0 Å². The van der Waals surface area contributed by atoms with Gasteiger partial charge in [-0.25, -0.2) is 9.82 Å². The Morgan fingerprint density at radius 2 is 1.58 bits per heavy atom. The van der Waals surface area contributed by atoms with Gasteiger partial charge in [-0.2, -0.15) is 5.10 Å². The van der Waals surface area contributed by atoms with Gasteiger partial charge in [-0.3, -0.25) is 14.4 Å². The summed E-state index contributed by atoms with van der Waals surface area (Å²) in [5.41, 5.74) is 1.05. The topological polar surface area (TPSA) is 84.8 Å². The number of fused-ring (bicyclic) bond motifs is 1. The summed E-state index contributed by atoms with van der Waals surface area (Å²) in [6.45, 7) is -0.391. The highest BCUT2D eigenvalue weighted by molar-refractivity contribution is 5.83. The molecule has 3 rings (SSSR count). The van der Waals surface area contributed by atoms with Crippen molar-refractivity contribution in [1.82, 2.24) is 5.43 Å². The third-order valence-corrected chi connectivity index (χ3v) is 3.32. The summed E-state index contributed by atoms with van der Waals surface area (Å²) < 4.78 is 17.9. The fourth-order valence-electron chi connectivity index (χ4n) is 2.17. The van der Waals surface area contributed by atoms with E-state index in [9.17, 15) is 18.8 Å². The molecule has 0 spiro atoms. The third kappa shape index (κ3) is 3.05. The van der Waals surface area contributed by atoms with Crippen LogP contribution in [0.3, 0.4) is 0 Å². The van der Waals surface area contributed by atoms with Gasteiger partial charge in [-0.1, -0.05) is 24.3 Å². The van der Waals surface area contributed by atoms with Crippen LogP contribution in [0.15, 0.2) is 63.2 Å². The molecular formula is C17H11FN2O4. The Hall–Kier alpha value is -3.35. The molecular weight excluding hydrogens is 315 g/mol. The van der Waals surface area contributed by atoms with Crippen LogP contribution in [0, 0.1) is 5.82 Å². The second-order valence-electron chi connectivity index (χ2n) is 4.94. The van der Waals surface area contributed by atoms with Crippen molar-refractivity contribution in [3.05, 3.63) is 80.2 Å². The average Bonchev–Trinajstić information content (AvgIpc) is 2.84. The molecule has 1 amide bonds. The minimum absolute atomic E-state index is 0.262. The van der Waals surface area contributed by atoms with Gasteiger partial charge >= 0.3 is 0 Å². The average molecular weight is 326 g/mol. The Bertz CT molecular complexity index is 1000. The van der Waals surface area contributed by atoms with Gasteiger partial charge in [0.05, 0.1) is 0 Å². The Kier molecular flexibility index (Phi) is 4.15. The van der Waals surface area contributed by atoms with Crippen LogP contribution in [-0.2, 0) is 4.79 Å². The standard InChI is InChI=1S/C17H11FN2O4/c18-10-5-7-11(8-6-10)24-9-14(21)19-20-15-16(22)12-3-1-2-4-13(12)17(15)23/h1-8H,9H2,(H,19,21). The van der Waals surface area contributed by atoms with Crippen molar-refractivity contribution in [1.29, 1.82) is 0 Å². The maximum atomic E-state index is 12.7. The van der Waals surface area contributed by atoms with E-state index in [1.54, 1.807) is 12.1 Å². The molecule has 0 aliphatic carbocycles. The van der Waals surface area contributed by atoms with Gasteiger partial charge < -0.3 is 4.74 Å². The molecule has 0 aliphatic heterocycles. The lowest BCUT2D eigenvalue weighted by Crippen LogP contribution is -2.36. The number of rotatable bonds is 4. The molecule has 1 N–H and O–H groups in total. The number of carbonyl (C=O) groups is 1. The molecule has 0 fully saturated rings. The van der Waals surface area contributed by atoms with Gasteiger partial charge in [0.1, 0.15) is 11.6 Å². The zero-order chi connectivity index (χ0) is 17.1. The quantitative estimate of drug-likeness (QED) is 0.711. The molecule has 24 heavy (non-hydrogen) atoms. The predicted molar refractivity (Wildman–Crippen MR) is 84.5 cm³/mol. The summed E-state index contributed by atoms with van der Waals surface area (Å²) in [7, 11) is 0. The first-order valence-corrected chi connectivity index (χ1v) is 6.99. The number of nitrogens with one attached hydrogen (secondary N) is 1. The van der Waals surface area contributed by atoms with Crippen LogP contribution in [0.2, 0.25) is 0 Å². The second kappa shape index (κ2) is 6.41. The van der Waals surface area contributed by atoms with Crippen molar-refractivity contribution in [2.45, 2.75) is 0 Å². The number of amides is 1. The van der Waals surface area contributed by atoms with Crippen molar-refractivity contribution < 1.29 is 13.9 Å². The summed E-state index contributed by atoms with van der Waals surface area (Å²) >= 11 is 0. The summed E-state index contributed by atoms with van der Waals surface area (Å²) in [6, 6.07) is 11.5. The van der Waals surface area contributed by atoms with E-state index in [-0.39, 0.29) is 16.1 Å². The number of hydrogen-bond acceptors (Lipinski definition) is 5. The first kappa shape index (κ1) is 15.5. The van der Waals surface area contributed by atoms with Crippen molar-refractivity contribution in [3.63, 3.8) is 0 Å². The summed E-state index contributed by atoms with van der Waals surface area (Å²) in [4.78, 5) is 35.8. The second-order valence-corrected chi connectivity index (χ2v) is 4.94. The highest BCUT2D eigenvalue weighted by Crippen LogP contribution is 2.10. The lowest BCUT2D eigenvalue weighted by molar-refractivity contribution is -0.123. The summed E-state index contributed by atoms with van der Waals surface area (Å²) in [6.07, 6.45) is 0. The molecule has 7 heteroatoms. The summed E-state index contributed by atoms with van der Waals surface area (Å²) in [5, 5.41) is 3.79. The van der Waals surface area contributed by atoms with Crippen LogP contribution in [0.1, 0.15) is 0 Å². The molecule has 6 nitrogen and oxygen atoms in total. The highest BCUT2D eigenvalue weighted by Gasteiger charge is 2.10. The molecule has 0 unspecified atom stereocenters. The maximum Gasteiger partial charge on any atom is 0.277 e. The molecule has 0 bridgehead atoms. The van der Waals surface area contributed by atoms with E-state index in [0.29, 0.717) is 5.75 Å². The number of halogens is 1. The molecule has 0 saturated heterocycles. The molecule has 0 saturated carbocycles. The van der Waals surface area contributed by atoms with Crippen LogP contribution >= 0.6 is 0 Å². The van der Waals surface area contributed by atoms with Crippen LogP contribution in [0.4, 0.5) is 4.39 Å². The normalized spacial score (nSPS) is 10.5. The van der Waals surface area contributed by atoms with Crippen molar-refractivity contribution >= 4 is 16.7 Å². The minimum atomic E-state index is -0.650. The number of ether oxygens (including phenoxy) is 1. The highest BCUT2D eigenvalue weighted by atomic mass is 19.1. The molecule has 3 aromatic rings. The monoisotopic (exact) mass is 326 g/mol. The molecule has 120 valence electrons. The molecule has 0 aliphatic rings. The lowest BCUT2D eigenvalue weighted by atomic mass is 10.2. The van der Waals surface area contributed by atoms with E-state index in [4.69, 9.17) is 4.74 Å². The Morgan fingerprint density at radius 3 is 2.17 bits per heavy atom. The lowest BCUT2D eigenvalue weighted by Gasteiger charge is -2.04. The fraction of sp³-hybridized carbons (Fsp3) is 0.0588. The molecule has 0 aromatic heterocycles. The van der Waals surface area contributed by atoms with Crippen LogP contribution < -0.4 is 26.4 Å².